The summed E-state index contributed by atoms with van der Waals surface area (Å²) in [5.74, 6) is 1.23. The average Bonchev–Trinajstić information content (AvgIpc) is 3.49. The first-order valence-corrected chi connectivity index (χ1v) is 14.6. The minimum Gasteiger partial charge on any atom is -0.496 e. The number of halogens is 3. The molecule has 0 bridgehead atoms. The summed E-state index contributed by atoms with van der Waals surface area (Å²) in [4.78, 5) is 32.0. The maximum Gasteiger partial charge on any atom is 0.338 e. The van der Waals surface area contributed by atoms with E-state index in [1.54, 1.807) is 45.2 Å². The van der Waals surface area contributed by atoms with Gasteiger partial charge in [-0.25, -0.2) is 9.79 Å². The largest absolute Gasteiger partial charge is 0.496 e. The molecular formula is C28H21Br2ClN2O5S. The van der Waals surface area contributed by atoms with Gasteiger partial charge < -0.3 is 13.9 Å². The van der Waals surface area contributed by atoms with Crippen molar-refractivity contribution in [2.24, 2.45) is 4.99 Å². The van der Waals surface area contributed by atoms with Crippen molar-refractivity contribution in [2.75, 3.05) is 13.7 Å². The van der Waals surface area contributed by atoms with Crippen molar-refractivity contribution in [3.63, 3.8) is 0 Å². The van der Waals surface area contributed by atoms with E-state index >= 15 is 0 Å². The molecule has 1 atom stereocenters. The van der Waals surface area contributed by atoms with Crippen molar-refractivity contribution in [3.05, 3.63) is 105 Å². The lowest BCUT2D eigenvalue weighted by Gasteiger charge is -2.25. The molecular weight excluding hydrogens is 672 g/mol. The average molecular weight is 693 g/mol. The van der Waals surface area contributed by atoms with Crippen LogP contribution >= 0.6 is 54.8 Å². The number of thiazole rings is 1. The number of hydrogen-bond donors (Lipinski definition) is 0. The molecule has 11 heteroatoms. The summed E-state index contributed by atoms with van der Waals surface area (Å²) < 4.78 is 20.2. The van der Waals surface area contributed by atoms with Gasteiger partial charge in [0.1, 0.15) is 17.3 Å². The number of methoxy groups -OCH3 is 1. The highest BCUT2D eigenvalue weighted by Gasteiger charge is 2.33. The van der Waals surface area contributed by atoms with Gasteiger partial charge >= 0.3 is 5.97 Å². The van der Waals surface area contributed by atoms with E-state index in [2.05, 4.69) is 36.9 Å². The highest BCUT2D eigenvalue weighted by molar-refractivity contribution is 9.10. The quantitative estimate of drug-likeness (QED) is 0.224. The summed E-state index contributed by atoms with van der Waals surface area (Å²) in [6.45, 7) is 3.68. The van der Waals surface area contributed by atoms with Crippen molar-refractivity contribution >= 4 is 66.8 Å². The minimum absolute atomic E-state index is 0.198. The van der Waals surface area contributed by atoms with Gasteiger partial charge in [-0.3, -0.25) is 9.36 Å². The smallest absolute Gasteiger partial charge is 0.338 e. The number of furan rings is 1. The second-order valence-electron chi connectivity index (χ2n) is 8.53. The normalized spacial score (nSPS) is 15.2. The van der Waals surface area contributed by atoms with E-state index in [-0.39, 0.29) is 12.2 Å². The Hall–Kier alpha value is -2.92. The Labute approximate surface area is 249 Å². The second kappa shape index (κ2) is 11.3. The van der Waals surface area contributed by atoms with Gasteiger partial charge in [-0.05, 0) is 87.7 Å². The summed E-state index contributed by atoms with van der Waals surface area (Å²) in [5, 5.41) is 0.566. The third kappa shape index (κ3) is 5.30. The van der Waals surface area contributed by atoms with Crippen LogP contribution in [0.25, 0.3) is 17.4 Å². The molecule has 2 aromatic heterocycles. The maximum atomic E-state index is 13.8. The zero-order valence-electron chi connectivity index (χ0n) is 21.0. The van der Waals surface area contributed by atoms with Crippen LogP contribution in [0.2, 0.25) is 5.02 Å². The molecule has 4 aromatic rings. The fourth-order valence-corrected chi connectivity index (χ4v) is 6.34. The van der Waals surface area contributed by atoms with Crippen LogP contribution in [-0.4, -0.2) is 24.3 Å². The van der Waals surface area contributed by atoms with E-state index in [0.29, 0.717) is 52.9 Å². The first kappa shape index (κ1) is 27.6. The van der Waals surface area contributed by atoms with Crippen molar-refractivity contribution in [1.29, 1.82) is 0 Å². The first-order valence-electron chi connectivity index (χ1n) is 11.8. The lowest BCUT2D eigenvalue weighted by Crippen LogP contribution is -2.39. The van der Waals surface area contributed by atoms with Crippen LogP contribution in [0.5, 0.6) is 5.75 Å². The van der Waals surface area contributed by atoms with Crippen LogP contribution in [0, 0.1) is 0 Å². The molecule has 1 aliphatic rings. The summed E-state index contributed by atoms with van der Waals surface area (Å²) in [6, 6.07) is 13.9. The summed E-state index contributed by atoms with van der Waals surface area (Å²) in [7, 11) is 1.57. The minimum atomic E-state index is -0.735. The third-order valence-electron chi connectivity index (χ3n) is 6.11. The van der Waals surface area contributed by atoms with E-state index in [1.165, 1.54) is 15.9 Å². The molecule has 3 heterocycles. The van der Waals surface area contributed by atoms with Crippen LogP contribution in [0.15, 0.2) is 83.0 Å². The molecule has 5 rings (SSSR count). The van der Waals surface area contributed by atoms with E-state index < -0.39 is 12.0 Å². The van der Waals surface area contributed by atoms with Gasteiger partial charge in [-0.15, -0.1) is 0 Å². The number of carbonyl (C=O) groups excluding carboxylic acids is 1. The van der Waals surface area contributed by atoms with Gasteiger partial charge in [0.05, 0.1) is 45.1 Å². The maximum absolute atomic E-state index is 13.8. The van der Waals surface area contributed by atoms with Gasteiger partial charge in [0, 0.05) is 16.1 Å². The molecule has 0 amide bonds. The molecule has 39 heavy (non-hydrogen) atoms. The standard InChI is InChI=1S/C28H21Br2ClN2O5S/c1-4-37-27(35)24-14(2)32-28-33(25(24)16-6-9-22(36-3)19(30)11-16)26(34)23(39-28)13-17-7-10-21(38-17)15-5-8-18(29)20(31)12-15/h5-13,25H,4H2,1-3H3/b23-13-/t25-/m0/s1. The Morgan fingerprint density at radius 2 is 1.97 bits per heavy atom. The predicted octanol–water partition coefficient (Wildman–Crippen LogP) is 6.25. The summed E-state index contributed by atoms with van der Waals surface area (Å²) >= 11 is 14.4. The Kier molecular flexibility index (Phi) is 8.00. The van der Waals surface area contributed by atoms with E-state index in [4.69, 9.17) is 25.5 Å². The predicted molar refractivity (Wildman–Crippen MR) is 158 cm³/mol. The van der Waals surface area contributed by atoms with Gasteiger partial charge in [0.15, 0.2) is 4.80 Å². The zero-order valence-corrected chi connectivity index (χ0v) is 25.7. The number of nitrogens with zero attached hydrogens (tertiary/aromatic N) is 2. The molecule has 200 valence electrons. The zero-order chi connectivity index (χ0) is 27.8. The van der Waals surface area contributed by atoms with Gasteiger partial charge in [-0.2, -0.15) is 0 Å². The van der Waals surface area contributed by atoms with E-state index in [1.807, 2.05) is 30.3 Å². The molecule has 0 radical (unpaired) electrons. The first-order chi connectivity index (χ1) is 18.7. The number of esters is 1. The Morgan fingerprint density at radius 3 is 2.67 bits per heavy atom. The monoisotopic (exact) mass is 690 g/mol. The number of benzene rings is 2. The van der Waals surface area contributed by atoms with Crippen molar-refractivity contribution in [2.45, 2.75) is 19.9 Å². The molecule has 0 N–H and O–H groups in total. The Morgan fingerprint density at radius 1 is 1.18 bits per heavy atom. The number of fused-ring (bicyclic) bond motifs is 1. The molecule has 0 unspecified atom stereocenters. The Balaban J connectivity index is 1.64. The number of ether oxygens (including phenoxy) is 2. The summed E-state index contributed by atoms with van der Waals surface area (Å²) in [5.41, 5.74) is 2.02. The molecule has 0 fully saturated rings. The van der Waals surface area contributed by atoms with Crippen LogP contribution < -0.4 is 19.6 Å². The molecule has 1 aliphatic heterocycles. The van der Waals surface area contributed by atoms with E-state index in [9.17, 15) is 9.59 Å². The molecule has 0 aliphatic carbocycles. The van der Waals surface area contributed by atoms with Crippen molar-refractivity contribution < 1.29 is 18.7 Å². The molecule has 2 aromatic carbocycles. The molecule has 0 saturated carbocycles. The summed E-state index contributed by atoms with van der Waals surface area (Å²) in [6.07, 6.45) is 1.68. The second-order valence-corrected chi connectivity index (χ2v) is 11.7. The van der Waals surface area contributed by atoms with Gasteiger partial charge in [-0.1, -0.05) is 35.1 Å². The lowest BCUT2D eigenvalue weighted by atomic mass is 9.96. The van der Waals surface area contributed by atoms with Crippen LogP contribution in [0.4, 0.5) is 0 Å². The van der Waals surface area contributed by atoms with Crippen LogP contribution in [0.1, 0.15) is 31.2 Å². The SMILES string of the molecule is CCOC(=O)C1=C(C)N=c2s/c(=C\c3ccc(-c4ccc(Br)c(Cl)c4)o3)c(=O)n2[C@H]1c1ccc(OC)c(Br)c1. The highest BCUT2D eigenvalue weighted by Crippen LogP contribution is 2.35. The fourth-order valence-electron chi connectivity index (χ4n) is 4.32. The topological polar surface area (TPSA) is 83.0 Å². The number of aromatic nitrogens is 1. The van der Waals surface area contributed by atoms with E-state index in [0.717, 1.165) is 10.0 Å². The van der Waals surface area contributed by atoms with Gasteiger partial charge in [0.25, 0.3) is 5.56 Å². The molecule has 7 nitrogen and oxygen atoms in total. The Bertz CT molecular complexity index is 1820. The van der Waals surface area contributed by atoms with Crippen LogP contribution in [0.3, 0.4) is 0 Å². The fraction of sp³-hybridized carbons (Fsp3) is 0.179. The van der Waals surface area contributed by atoms with Gasteiger partial charge in [0.2, 0.25) is 0 Å². The highest BCUT2D eigenvalue weighted by atomic mass is 79.9. The van der Waals surface area contributed by atoms with Crippen molar-refractivity contribution in [1.82, 2.24) is 4.57 Å². The van der Waals surface area contributed by atoms with Crippen LogP contribution in [-0.2, 0) is 9.53 Å². The number of rotatable bonds is 6. The molecule has 0 spiro atoms. The third-order valence-corrected chi connectivity index (χ3v) is 8.95. The molecule has 0 saturated heterocycles. The number of hydrogen-bond acceptors (Lipinski definition) is 7. The van der Waals surface area contributed by atoms with Crippen molar-refractivity contribution in [3.8, 4) is 17.1 Å². The number of carbonyl (C=O) groups is 1. The lowest BCUT2D eigenvalue weighted by molar-refractivity contribution is -0.139. The number of allylic oxidation sites excluding steroid dienone is 1.